The van der Waals surface area contributed by atoms with Gasteiger partial charge in [0.05, 0.1) is 6.42 Å². The summed E-state index contributed by atoms with van der Waals surface area (Å²) in [6.07, 6.45) is 1.45. The highest BCUT2D eigenvalue weighted by Gasteiger charge is 2.30. The largest absolute Gasteiger partial charge is 0.316 e. The van der Waals surface area contributed by atoms with E-state index in [1.54, 1.807) is 6.07 Å². The molecule has 1 aromatic rings. The van der Waals surface area contributed by atoms with E-state index in [4.69, 9.17) is 0 Å². The molecular formula is C13H15FN2O. The van der Waals surface area contributed by atoms with Gasteiger partial charge in [-0.2, -0.15) is 0 Å². The summed E-state index contributed by atoms with van der Waals surface area (Å²) < 4.78 is 13.1. The summed E-state index contributed by atoms with van der Waals surface area (Å²) in [7, 11) is 0. The number of nitrogens with zero attached hydrogens (tertiary/aromatic N) is 1. The maximum atomic E-state index is 13.1. The Hall–Kier alpha value is -1.42. The van der Waals surface area contributed by atoms with E-state index in [0.29, 0.717) is 12.3 Å². The van der Waals surface area contributed by atoms with E-state index in [-0.39, 0.29) is 11.7 Å². The van der Waals surface area contributed by atoms with Crippen LogP contribution >= 0.6 is 0 Å². The number of anilines is 1. The van der Waals surface area contributed by atoms with Crippen LogP contribution in [0.2, 0.25) is 0 Å². The molecule has 1 aromatic carbocycles. The van der Waals surface area contributed by atoms with Gasteiger partial charge in [-0.3, -0.25) is 4.79 Å². The van der Waals surface area contributed by atoms with Gasteiger partial charge in [-0.1, -0.05) is 0 Å². The van der Waals surface area contributed by atoms with Crippen molar-refractivity contribution in [2.75, 3.05) is 24.5 Å². The minimum atomic E-state index is -0.263. The molecule has 0 spiro atoms. The van der Waals surface area contributed by atoms with Crippen molar-refractivity contribution in [2.24, 2.45) is 5.92 Å². The predicted molar refractivity (Wildman–Crippen MR) is 63.4 cm³/mol. The number of carbonyl (C=O) groups is 1. The van der Waals surface area contributed by atoms with E-state index in [1.807, 2.05) is 4.90 Å². The van der Waals surface area contributed by atoms with Crippen LogP contribution in [-0.4, -0.2) is 25.5 Å². The van der Waals surface area contributed by atoms with Crippen molar-refractivity contribution in [2.45, 2.75) is 12.8 Å². The van der Waals surface area contributed by atoms with Crippen molar-refractivity contribution in [3.8, 4) is 0 Å². The molecule has 1 fully saturated rings. The molecule has 4 heteroatoms. The average Bonchev–Trinajstić information content (AvgIpc) is 2.88. The Bertz CT molecular complexity index is 455. The second kappa shape index (κ2) is 4.11. The molecular weight excluding hydrogens is 219 g/mol. The van der Waals surface area contributed by atoms with E-state index in [0.717, 1.165) is 37.3 Å². The molecule has 3 nitrogen and oxygen atoms in total. The van der Waals surface area contributed by atoms with E-state index in [1.165, 1.54) is 12.1 Å². The van der Waals surface area contributed by atoms with Crippen LogP contribution in [0.5, 0.6) is 0 Å². The molecule has 1 atom stereocenters. The molecule has 1 amide bonds. The Morgan fingerprint density at radius 2 is 2.35 bits per heavy atom. The Morgan fingerprint density at radius 1 is 1.47 bits per heavy atom. The van der Waals surface area contributed by atoms with Crippen LogP contribution in [0.3, 0.4) is 0 Å². The molecule has 0 aliphatic carbocycles. The summed E-state index contributed by atoms with van der Waals surface area (Å²) in [6.45, 7) is 2.76. The number of amides is 1. The third-order valence-electron chi connectivity index (χ3n) is 3.58. The normalized spacial score (nSPS) is 23.2. The van der Waals surface area contributed by atoms with Crippen LogP contribution in [-0.2, 0) is 11.2 Å². The van der Waals surface area contributed by atoms with E-state index in [9.17, 15) is 9.18 Å². The van der Waals surface area contributed by atoms with Gasteiger partial charge in [-0.05, 0) is 49.2 Å². The highest BCUT2D eigenvalue weighted by atomic mass is 19.1. The lowest BCUT2D eigenvalue weighted by Gasteiger charge is -2.21. The molecule has 3 rings (SSSR count). The van der Waals surface area contributed by atoms with Crippen molar-refractivity contribution in [1.82, 2.24) is 5.32 Å². The van der Waals surface area contributed by atoms with E-state index in [2.05, 4.69) is 5.32 Å². The predicted octanol–water partition coefficient (Wildman–Crippen LogP) is 1.32. The first-order valence-corrected chi connectivity index (χ1v) is 6.03. The molecule has 2 aliphatic rings. The lowest BCUT2D eigenvalue weighted by atomic mass is 10.1. The minimum absolute atomic E-state index is 0.0949. The molecule has 0 radical (unpaired) electrons. The SMILES string of the molecule is O=C1Cc2cc(F)ccc2N1CC1CCNC1. The molecule has 2 heterocycles. The second-order valence-corrected chi connectivity index (χ2v) is 4.81. The number of benzene rings is 1. The van der Waals surface area contributed by atoms with Crippen LogP contribution < -0.4 is 10.2 Å². The zero-order valence-corrected chi connectivity index (χ0v) is 9.58. The molecule has 2 aliphatic heterocycles. The zero-order valence-electron chi connectivity index (χ0n) is 9.58. The Morgan fingerprint density at radius 3 is 3.12 bits per heavy atom. The van der Waals surface area contributed by atoms with Gasteiger partial charge in [0.25, 0.3) is 0 Å². The quantitative estimate of drug-likeness (QED) is 0.837. The van der Waals surface area contributed by atoms with Gasteiger partial charge in [0.15, 0.2) is 0 Å². The number of hydrogen-bond donors (Lipinski definition) is 1. The van der Waals surface area contributed by atoms with Gasteiger partial charge >= 0.3 is 0 Å². The number of fused-ring (bicyclic) bond motifs is 1. The summed E-state index contributed by atoms with van der Waals surface area (Å²) >= 11 is 0. The first kappa shape index (κ1) is 10.7. The van der Waals surface area contributed by atoms with Crippen molar-refractivity contribution in [1.29, 1.82) is 0 Å². The molecule has 1 N–H and O–H groups in total. The fourth-order valence-electron chi connectivity index (χ4n) is 2.68. The van der Waals surface area contributed by atoms with Gasteiger partial charge in [-0.15, -0.1) is 0 Å². The number of halogens is 1. The molecule has 0 bridgehead atoms. The van der Waals surface area contributed by atoms with Gasteiger partial charge in [0, 0.05) is 12.2 Å². The standard InChI is InChI=1S/C13H15FN2O/c14-11-1-2-12-10(5-11)6-13(17)16(12)8-9-3-4-15-7-9/h1-2,5,9,15H,3-4,6-8H2. The monoisotopic (exact) mass is 234 g/mol. The molecule has 1 unspecified atom stereocenters. The fraction of sp³-hybridized carbons (Fsp3) is 0.462. The third-order valence-corrected chi connectivity index (χ3v) is 3.58. The van der Waals surface area contributed by atoms with Crippen LogP contribution in [0.25, 0.3) is 0 Å². The smallest absolute Gasteiger partial charge is 0.231 e. The number of rotatable bonds is 2. The first-order chi connectivity index (χ1) is 8.24. The summed E-state index contributed by atoms with van der Waals surface area (Å²) in [5.74, 6) is 0.355. The number of nitrogens with one attached hydrogen (secondary N) is 1. The fourth-order valence-corrected chi connectivity index (χ4v) is 2.68. The Balaban J connectivity index is 1.83. The van der Waals surface area contributed by atoms with Crippen molar-refractivity contribution in [3.63, 3.8) is 0 Å². The molecule has 0 aromatic heterocycles. The van der Waals surface area contributed by atoms with Crippen LogP contribution in [0.1, 0.15) is 12.0 Å². The molecule has 1 saturated heterocycles. The molecule has 0 saturated carbocycles. The van der Waals surface area contributed by atoms with Crippen molar-refractivity contribution in [3.05, 3.63) is 29.6 Å². The highest BCUT2D eigenvalue weighted by Crippen LogP contribution is 2.30. The summed E-state index contributed by atoms with van der Waals surface area (Å²) in [6, 6.07) is 4.62. The third kappa shape index (κ3) is 1.93. The van der Waals surface area contributed by atoms with Crippen molar-refractivity contribution >= 4 is 11.6 Å². The average molecular weight is 234 g/mol. The Labute approximate surface area is 99.6 Å². The van der Waals surface area contributed by atoms with Gasteiger partial charge in [0.1, 0.15) is 5.82 Å². The van der Waals surface area contributed by atoms with E-state index < -0.39 is 0 Å². The maximum absolute atomic E-state index is 13.1. The molecule has 90 valence electrons. The summed E-state index contributed by atoms with van der Waals surface area (Å²) in [4.78, 5) is 13.7. The number of carbonyl (C=O) groups excluding carboxylic acids is 1. The zero-order chi connectivity index (χ0) is 11.8. The molecule has 17 heavy (non-hydrogen) atoms. The van der Waals surface area contributed by atoms with Crippen LogP contribution in [0, 0.1) is 11.7 Å². The number of hydrogen-bond acceptors (Lipinski definition) is 2. The lowest BCUT2D eigenvalue weighted by molar-refractivity contribution is -0.117. The summed E-state index contributed by atoms with van der Waals surface area (Å²) in [5.41, 5.74) is 1.71. The van der Waals surface area contributed by atoms with Crippen LogP contribution in [0.4, 0.5) is 10.1 Å². The topological polar surface area (TPSA) is 32.3 Å². The second-order valence-electron chi connectivity index (χ2n) is 4.81. The maximum Gasteiger partial charge on any atom is 0.231 e. The van der Waals surface area contributed by atoms with Crippen LogP contribution in [0.15, 0.2) is 18.2 Å². The van der Waals surface area contributed by atoms with Gasteiger partial charge in [0.2, 0.25) is 5.91 Å². The highest BCUT2D eigenvalue weighted by molar-refractivity contribution is 6.01. The Kier molecular flexibility index (Phi) is 2.59. The van der Waals surface area contributed by atoms with Gasteiger partial charge in [-0.25, -0.2) is 4.39 Å². The first-order valence-electron chi connectivity index (χ1n) is 6.03. The van der Waals surface area contributed by atoms with Gasteiger partial charge < -0.3 is 10.2 Å². The van der Waals surface area contributed by atoms with E-state index >= 15 is 0 Å². The summed E-state index contributed by atoms with van der Waals surface area (Å²) in [5, 5.41) is 3.30. The lowest BCUT2D eigenvalue weighted by Crippen LogP contribution is -2.33. The van der Waals surface area contributed by atoms with Crippen molar-refractivity contribution < 1.29 is 9.18 Å². The minimum Gasteiger partial charge on any atom is -0.316 e.